The molecule has 0 saturated carbocycles. The lowest BCUT2D eigenvalue weighted by molar-refractivity contribution is -0.134. The predicted octanol–water partition coefficient (Wildman–Crippen LogP) is 3.76. The Morgan fingerprint density at radius 3 is 2.38 bits per heavy atom. The van der Waals surface area contributed by atoms with Gasteiger partial charge in [0.1, 0.15) is 12.4 Å². The summed E-state index contributed by atoms with van der Waals surface area (Å²) in [6.07, 6.45) is 3.09. The first kappa shape index (κ1) is 17.1. The van der Waals surface area contributed by atoms with Crippen LogP contribution in [0, 0.1) is 0 Å². The Hall–Kier alpha value is -3.21. The van der Waals surface area contributed by atoms with E-state index in [2.05, 4.69) is 6.58 Å². The van der Waals surface area contributed by atoms with Crippen molar-refractivity contribution in [2.24, 2.45) is 0 Å². The molecule has 124 valence electrons. The fourth-order valence-corrected chi connectivity index (χ4v) is 1.92. The molecule has 24 heavy (non-hydrogen) atoms. The largest absolute Gasteiger partial charge is 0.493 e. The van der Waals surface area contributed by atoms with Crippen LogP contribution in [-0.2, 0) is 4.79 Å². The van der Waals surface area contributed by atoms with Crippen molar-refractivity contribution in [3.8, 4) is 17.2 Å². The summed E-state index contributed by atoms with van der Waals surface area (Å²) >= 11 is 0. The number of carbonyl (C=O) groups is 1. The van der Waals surface area contributed by atoms with Crippen molar-refractivity contribution in [1.82, 2.24) is 0 Å². The first-order valence-corrected chi connectivity index (χ1v) is 7.23. The van der Waals surface area contributed by atoms with Crippen LogP contribution in [0.2, 0.25) is 0 Å². The number of carboxylic acid groups (broad SMARTS) is 1. The molecule has 0 heterocycles. The SMILES string of the molecule is C=CCOc1ccc(C=C(Oc2ccccc2OC)C(=O)O)cc1. The molecular formula is C19H18O5. The van der Waals surface area contributed by atoms with Gasteiger partial charge in [-0.2, -0.15) is 0 Å². The zero-order valence-corrected chi connectivity index (χ0v) is 13.3. The Kier molecular flexibility index (Phi) is 6.02. The first-order valence-electron chi connectivity index (χ1n) is 7.23. The number of para-hydroxylation sites is 2. The van der Waals surface area contributed by atoms with Crippen LogP contribution in [0.5, 0.6) is 17.2 Å². The van der Waals surface area contributed by atoms with Gasteiger partial charge in [0.25, 0.3) is 0 Å². The van der Waals surface area contributed by atoms with Crippen LogP contribution in [0.1, 0.15) is 5.56 Å². The van der Waals surface area contributed by atoms with Crippen LogP contribution in [0.4, 0.5) is 0 Å². The summed E-state index contributed by atoms with van der Waals surface area (Å²) in [6, 6.07) is 13.8. The third-order valence-corrected chi connectivity index (χ3v) is 3.05. The number of methoxy groups -OCH3 is 1. The molecule has 0 bridgehead atoms. The smallest absolute Gasteiger partial charge is 0.371 e. The van der Waals surface area contributed by atoms with Gasteiger partial charge < -0.3 is 19.3 Å². The van der Waals surface area contributed by atoms with Gasteiger partial charge in [0.2, 0.25) is 5.76 Å². The molecule has 0 unspecified atom stereocenters. The maximum absolute atomic E-state index is 11.4. The van der Waals surface area contributed by atoms with Gasteiger partial charge in [-0.05, 0) is 35.9 Å². The summed E-state index contributed by atoms with van der Waals surface area (Å²) in [5, 5.41) is 9.36. The molecule has 0 atom stereocenters. The van der Waals surface area contributed by atoms with E-state index in [1.54, 1.807) is 54.6 Å². The van der Waals surface area contributed by atoms with E-state index in [1.165, 1.54) is 13.2 Å². The Morgan fingerprint density at radius 2 is 1.79 bits per heavy atom. The Bertz CT molecular complexity index is 732. The molecule has 2 rings (SSSR count). The molecule has 5 heteroatoms. The van der Waals surface area contributed by atoms with E-state index in [9.17, 15) is 9.90 Å². The Balaban J connectivity index is 2.22. The molecule has 0 amide bonds. The molecule has 0 saturated heterocycles. The van der Waals surface area contributed by atoms with Gasteiger partial charge in [0, 0.05) is 0 Å². The van der Waals surface area contributed by atoms with Gasteiger partial charge in [-0.1, -0.05) is 36.9 Å². The maximum Gasteiger partial charge on any atom is 0.371 e. The summed E-state index contributed by atoms with van der Waals surface area (Å²) in [7, 11) is 1.49. The Labute approximate surface area is 140 Å². The fourth-order valence-electron chi connectivity index (χ4n) is 1.92. The molecule has 2 aromatic carbocycles. The van der Waals surface area contributed by atoms with Gasteiger partial charge in [-0.3, -0.25) is 0 Å². The van der Waals surface area contributed by atoms with Gasteiger partial charge in [0.15, 0.2) is 11.5 Å². The standard InChI is InChI=1S/C19H18O5/c1-3-12-23-15-10-8-14(9-11-15)13-18(19(20)21)24-17-7-5-4-6-16(17)22-2/h3-11,13H,1,12H2,2H3,(H,20,21). The summed E-state index contributed by atoms with van der Waals surface area (Å²) in [5.41, 5.74) is 0.674. The molecule has 2 aromatic rings. The Morgan fingerprint density at radius 1 is 1.12 bits per heavy atom. The third kappa shape index (κ3) is 4.64. The quantitative estimate of drug-likeness (QED) is 0.454. The van der Waals surface area contributed by atoms with Crippen molar-refractivity contribution in [2.75, 3.05) is 13.7 Å². The third-order valence-electron chi connectivity index (χ3n) is 3.05. The summed E-state index contributed by atoms with van der Waals surface area (Å²) in [4.78, 5) is 11.4. The average Bonchev–Trinajstić information content (AvgIpc) is 2.60. The zero-order chi connectivity index (χ0) is 17.4. The van der Waals surface area contributed by atoms with Crippen LogP contribution in [0.25, 0.3) is 6.08 Å². The predicted molar refractivity (Wildman–Crippen MR) is 91.4 cm³/mol. The van der Waals surface area contributed by atoms with Gasteiger partial charge in [-0.15, -0.1) is 0 Å². The number of benzene rings is 2. The minimum absolute atomic E-state index is 0.209. The number of hydrogen-bond acceptors (Lipinski definition) is 4. The van der Waals surface area contributed by atoms with E-state index < -0.39 is 5.97 Å². The number of rotatable bonds is 8. The highest BCUT2D eigenvalue weighted by Crippen LogP contribution is 2.28. The van der Waals surface area contributed by atoms with E-state index in [-0.39, 0.29) is 5.76 Å². The van der Waals surface area contributed by atoms with Crippen molar-refractivity contribution in [3.05, 3.63) is 72.5 Å². The molecule has 5 nitrogen and oxygen atoms in total. The minimum atomic E-state index is -1.17. The summed E-state index contributed by atoms with van der Waals surface area (Å²) < 4.78 is 16.0. The van der Waals surface area contributed by atoms with Gasteiger partial charge in [0.05, 0.1) is 7.11 Å². The van der Waals surface area contributed by atoms with E-state index in [0.29, 0.717) is 29.4 Å². The van der Waals surface area contributed by atoms with E-state index in [0.717, 1.165) is 0 Å². The molecule has 0 aliphatic carbocycles. The number of aliphatic carboxylic acids is 1. The molecule has 0 aromatic heterocycles. The fraction of sp³-hybridized carbons (Fsp3) is 0.105. The highest BCUT2D eigenvalue weighted by Gasteiger charge is 2.13. The van der Waals surface area contributed by atoms with Crippen LogP contribution in [-0.4, -0.2) is 24.8 Å². The second-order valence-electron chi connectivity index (χ2n) is 4.74. The highest BCUT2D eigenvalue weighted by molar-refractivity contribution is 5.90. The van der Waals surface area contributed by atoms with Gasteiger partial charge >= 0.3 is 5.97 Å². The number of ether oxygens (including phenoxy) is 3. The lowest BCUT2D eigenvalue weighted by atomic mass is 10.2. The first-order chi connectivity index (χ1) is 11.6. The molecular weight excluding hydrogens is 308 g/mol. The van der Waals surface area contributed by atoms with Crippen LogP contribution in [0.3, 0.4) is 0 Å². The van der Waals surface area contributed by atoms with Crippen LogP contribution >= 0.6 is 0 Å². The molecule has 0 spiro atoms. The van der Waals surface area contributed by atoms with Crippen molar-refractivity contribution in [2.45, 2.75) is 0 Å². The summed E-state index contributed by atoms with van der Waals surface area (Å²) in [5.74, 6) is 0.0825. The van der Waals surface area contributed by atoms with Gasteiger partial charge in [-0.25, -0.2) is 4.79 Å². The lowest BCUT2D eigenvalue weighted by Gasteiger charge is -2.10. The van der Waals surface area contributed by atoms with Crippen LogP contribution in [0.15, 0.2) is 66.9 Å². The van der Waals surface area contributed by atoms with Crippen molar-refractivity contribution < 1.29 is 24.1 Å². The van der Waals surface area contributed by atoms with Crippen molar-refractivity contribution in [1.29, 1.82) is 0 Å². The van der Waals surface area contributed by atoms with E-state index in [4.69, 9.17) is 14.2 Å². The maximum atomic E-state index is 11.4. The number of carboxylic acids is 1. The minimum Gasteiger partial charge on any atom is -0.493 e. The topological polar surface area (TPSA) is 65.0 Å². The van der Waals surface area contributed by atoms with Crippen molar-refractivity contribution >= 4 is 12.0 Å². The molecule has 1 N–H and O–H groups in total. The molecule has 0 aliphatic heterocycles. The molecule has 0 fully saturated rings. The second-order valence-corrected chi connectivity index (χ2v) is 4.74. The average molecular weight is 326 g/mol. The molecule has 0 aliphatic rings. The lowest BCUT2D eigenvalue weighted by Crippen LogP contribution is -2.08. The normalized spacial score (nSPS) is 10.8. The monoisotopic (exact) mass is 326 g/mol. The van der Waals surface area contributed by atoms with Crippen molar-refractivity contribution in [3.63, 3.8) is 0 Å². The van der Waals surface area contributed by atoms with E-state index >= 15 is 0 Å². The van der Waals surface area contributed by atoms with E-state index in [1.807, 2.05) is 0 Å². The zero-order valence-electron chi connectivity index (χ0n) is 13.3. The number of hydrogen-bond donors (Lipinski definition) is 1. The summed E-state index contributed by atoms with van der Waals surface area (Å²) in [6.45, 7) is 3.99. The second kappa shape index (κ2) is 8.43. The molecule has 0 radical (unpaired) electrons. The highest BCUT2D eigenvalue weighted by atomic mass is 16.5. The van der Waals surface area contributed by atoms with Crippen LogP contribution < -0.4 is 14.2 Å².